The van der Waals surface area contributed by atoms with Crippen molar-refractivity contribution in [1.82, 2.24) is 4.98 Å². The summed E-state index contributed by atoms with van der Waals surface area (Å²) >= 11 is 1.61. The SMILES string of the molecule is Cc1cc(C)cc(Cc2nc(C(C)O)cs2)c1. The third-order valence-electron chi connectivity index (χ3n) is 2.63. The van der Waals surface area contributed by atoms with Gasteiger partial charge in [-0.1, -0.05) is 29.3 Å². The minimum Gasteiger partial charge on any atom is -0.387 e. The molecule has 17 heavy (non-hydrogen) atoms. The first kappa shape index (κ1) is 12.3. The highest BCUT2D eigenvalue weighted by Crippen LogP contribution is 2.20. The summed E-state index contributed by atoms with van der Waals surface area (Å²) in [7, 11) is 0. The summed E-state index contributed by atoms with van der Waals surface area (Å²) in [5.41, 5.74) is 4.63. The Kier molecular flexibility index (Phi) is 3.60. The number of aliphatic hydroxyl groups is 1. The van der Waals surface area contributed by atoms with Gasteiger partial charge in [-0.15, -0.1) is 11.3 Å². The first-order valence-corrected chi connectivity index (χ1v) is 6.62. The monoisotopic (exact) mass is 247 g/mol. The van der Waals surface area contributed by atoms with Crippen LogP contribution in [0.5, 0.6) is 0 Å². The van der Waals surface area contributed by atoms with Gasteiger partial charge in [-0.05, 0) is 26.3 Å². The largest absolute Gasteiger partial charge is 0.387 e. The van der Waals surface area contributed by atoms with Crippen LogP contribution in [0.4, 0.5) is 0 Å². The van der Waals surface area contributed by atoms with Gasteiger partial charge < -0.3 is 5.11 Å². The van der Waals surface area contributed by atoms with Crippen LogP contribution in [-0.4, -0.2) is 10.1 Å². The summed E-state index contributed by atoms with van der Waals surface area (Å²) < 4.78 is 0. The van der Waals surface area contributed by atoms with Crippen LogP contribution in [0.15, 0.2) is 23.6 Å². The Balaban J connectivity index is 2.19. The molecule has 0 saturated heterocycles. The number of benzene rings is 1. The molecule has 90 valence electrons. The van der Waals surface area contributed by atoms with Crippen molar-refractivity contribution in [3.63, 3.8) is 0 Å². The highest BCUT2D eigenvalue weighted by Gasteiger charge is 2.07. The molecule has 0 saturated carbocycles. The normalized spacial score (nSPS) is 12.7. The Bertz CT molecular complexity index is 496. The Morgan fingerprint density at radius 3 is 2.41 bits per heavy atom. The van der Waals surface area contributed by atoms with E-state index in [1.165, 1.54) is 16.7 Å². The van der Waals surface area contributed by atoms with E-state index in [2.05, 4.69) is 37.0 Å². The van der Waals surface area contributed by atoms with E-state index in [0.29, 0.717) is 0 Å². The van der Waals surface area contributed by atoms with Crippen molar-refractivity contribution in [1.29, 1.82) is 0 Å². The lowest BCUT2D eigenvalue weighted by molar-refractivity contribution is 0.195. The van der Waals surface area contributed by atoms with Gasteiger partial charge in [0.15, 0.2) is 0 Å². The number of thiazole rings is 1. The van der Waals surface area contributed by atoms with Crippen LogP contribution in [0.2, 0.25) is 0 Å². The predicted molar refractivity (Wildman–Crippen MR) is 71.5 cm³/mol. The molecule has 0 amide bonds. The summed E-state index contributed by atoms with van der Waals surface area (Å²) in [4.78, 5) is 4.43. The Labute approximate surface area is 106 Å². The first-order chi connectivity index (χ1) is 8.04. The van der Waals surface area contributed by atoms with Gasteiger partial charge >= 0.3 is 0 Å². The highest BCUT2D eigenvalue weighted by atomic mass is 32.1. The van der Waals surface area contributed by atoms with Crippen molar-refractivity contribution in [3.8, 4) is 0 Å². The van der Waals surface area contributed by atoms with Gasteiger partial charge in [-0.2, -0.15) is 0 Å². The molecule has 2 rings (SSSR count). The molecule has 0 bridgehead atoms. The summed E-state index contributed by atoms with van der Waals surface area (Å²) in [5, 5.41) is 12.4. The topological polar surface area (TPSA) is 33.1 Å². The molecule has 0 aliphatic heterocycles. The molecule has 0 fully saturated rings. The summed E-state index contributed by atoms with van der Waals surface area (Å²) in [5.74, 6) is 0. The number of aromatic nitrogens is 1. The quantitative estimate of drug-likeness (QED) is 0.901. The van der Waals surface area contributed by atoms with Crippen LogP contribution >= 0.6 is 11.3 Å². The van der Waals surface area contributed by atoms with Crippen molar-refractivity contribution in [2.45, 2.75) is 33.3 Å². The molecule has 1 unspecified atom stereocenters. The summed E-state index contributed by atoms with van der Waals surface area (Å²) in [6.07, 6.45) is 0.374. The second-order valence-corrected chi connectivity index (χ2v) is 5.46. The van der Waals surface area contributed by atoms with Gasteiger partial charge in [0.25, 0.3) is 0 Å². The zero-order chi connectivity index (χ0) is 12.4. The predicted octanol–water partition coefficient (Wildman–Crippen LogP) is 3.40. The average molecular weight is 247 g/mol. The van der Waals surface area contributed by atoms with Crippen molar-refractivity contribution < 1.29 is 5.11 Å². The van der Waals surface area contributed by atoms with Crippen molar-refractivity contribution in [2.24, 2.45) is 0 Å². The molecular weight excluding hydrogens is 230 g/mol. The smallest absolute Gasteiger partial charge is 0.0973 e. The number of nitrogens with zero attached hydrogens (tertiary/aromatic N) is 1. The number of hydrogen-bond donors (Lipinski definition) is 1. The van der Waals surface area contributed by atoms with E-state index in [1.54, 1.807) is 18.3 Å². The van der Waals surface area contributed by atoms with Crippen LogP contribution in [0.1, 0.15) is 40.4 Å². The minimum atomic E-state index is -0.473. The number of aryl methyl sites for hydroxylation is 2. The zero-order valence-corrected chi connectivity index (χ0v) is 11.2. The van der Waals surface area contributed by atoms with Crippen LogP contribution in [0.25, 0.3) is 0 Å². The van der Waals surface area contributed by atoms with E-state index in [4.69, 9.17) is 0 Å². The van der Waals surface area contributed by atoms with Crippen molar-refractivity contribution in [2.75, 3.05) is 0 Å². The van der Waals surface area contributed by atoms with Gasteiger partial charge in [0.05, 0.1) is 16.8 Å². The maximum atomic E-state index is 9.44. The molecule has 1 heterocycles. The third-order valence-corrected chi connectivity index (χ3v) is 3.50. The van der Waals surface area contributed by atoms with Crippen molar-refractivity contribution >= 4 is 11.3 Å². The zero-order valence-electron chi connectivity index (χ0n) is 10.4. The molecule has 2 nitrogen and oxygen atoms in total. The number of rotatable bonds is 3. The van der Waals surface area contributed by atoms with Gasteiger partial charge in [0, 0.05) is 11.8 Å². The molecule has 1 N–H and O–H groups in total. The lowest BCUT2D eigenvalue weighted by Crippen LogP contribution is -1.93. The van der Waals surface area contributed by atoms with Gasteiger partial charge in [-0.3, -0.25) is 0 Å². The third kappa shape index (κ3) is 3.14. The Hall–Kier alpha value is -1.19. The molecule has 0 aliphatic rings. The van der Waals surface area contributed by atoms with Crippen molar-refractivity contribution in [3.05, 3.63) is 51.0 Å². The lowest BCUT2D eigenvalue weighted by Gasteiger charge is -2.03. The molecule has 3 heteroatoms. The Morgan fingerprint density at radius 2 is 1.88 bits per heavy atom. The molecule has 1 aromatic heterocycles. The standard InChI is InChI=1S/C14H17NOS/c1-9-4-10(2)6-12(5-9)7-14-15-13(8-17-14)11(3)16/h4-6,8,11,16H,7H2,1-3H3. The maximum absolute atomic E-state index is 9.44. The second kappa shape index (κ2) is 4.98. The fourth-order valence-corrected chi connectivity index (χ4v) is 2.86. The summed E-state index contributed by atoms with van der Waals surface area (Å²) in [6.45, 7) is 5.97. The van der Waals surface area contributed by atoms with Crippen LogP contribution in [0, 0.1) is 13.8 Å². The average Bonchev–Trinajstić information content (AvgIpc) is 2.64. The van der Waals surface area contributed by atoms with Gasteiger partial charge in [-0.25, -0.2) is 4.98 Å². The van der Waals surface area contributed by atoms with Crippen LogP contribution < -0.4 is 0 Å². The molecule has 1 aromatic carbocycles. The minimum absolute atomic E-state index is 0.473. The lowest BCUT2D eigenvalue weighted by atomic mass is 10.1. The molecule has 1 atom stereocenters. The molecule has 0 radical (unpaired) electrons. The first-order valence-electron chi connectivity index (χ1n) is 5.74. The van der Waals surface area contributed by atoms with Gasteiger partial charge in [0.2, 0.25) is 0 Å². The summed E-state index contributed by atoms with van der Waals surface area (Å²) in [6, 6.07) is 6.56. The van der Waals surface area contributed by atoms with Crippen LogP contribution in [-0.2, 0) is 6.42 Å². The van der Waals surface area contributed by atoms with Gasteiger partial charge in [0.1, 0.15) is 0 Å². The van der Waals surface area contributed by atoms with Crippen LogP contribution in [0.3, 0.4) is 0 Å². The van der Waals surface area contributed by atoms with E-state index in [9.17, 15) is 5.11 Å². The molecule has 0 aliphatic carbocycles. The fourth-order valence-electron chi connectivity index (χ4n) is 1.94. The van der Waals surface area contributed by atoms with E-state index in [0.717, 1.165) is 17.1 Å². The highest BCUT2D eigenvalue weighted by molar-refractivity contribution is 7.09. The molecule has 0 spiro atoms. The number of hydrogen-bond acceptors (Lipinski definition) is 3. The van der Waals surface area contributed by atoms with E-state index in [1.807, 2.05) is 5.38 Å². The fraction of sp³-hybridized carbons (Fsp3) is 0.357. The number of aliphatic hydroxyl groups excluding tert-OH is 1. The molecule has 2 aromatic rings. The maximum Gasteiger partial charge on any atom is 0.0973 e. The second-order valence-electron chi connectivity index (χ2n) is 4.51. The Morgan fingerprint density at radius 1 is 1.24 bits per heavy atom. The molecular formula is C14H17NOS. The van der Waals surface area contributed by atoms with E-state index < -0.39 is 6.10 Å². The van der Waals surface area contributed by atoms with E-state index in [-0.39, 0.29) is 0 Å². The van der Waals surface area contributed by atoms with E-state index >= 15 is 0 Å².